The van der Waals surface area contributed by atoms with E-state index in [1.165, 1.54) is 18.3 Å². The summed E-state index contributed by atoms with van der Waals surface area (Å²) >= 11 is 5.89. The van der Waals surface area contributed by atoms with Gasteiger partial charge in [-0.3, -0.25) is 4.79 Å². The second kappa shape index (κ2) is 7.77. The normalized spacial score (nSPS) is 11.0. The topological polar surface area (TPSA) is 53.5 Å². The fourth-order valence-corrected chi connectivity index (χ4v) is 2.61. The highest BCUT2D eigenvalue weighted by molar-refractivity contribution is 6.33. The van der Waals surface area contributed by atoms with Gasteiger partial charge >= 0.3 is 0 Å². The lowest BCUT2D eigenvalue weighted by atomic mass is 10.1. The van der Waals surface area contributed by atoms with Crippen molar-refractivity contribution in [2.24, 2.45) is 5.10 Å². The van der Waals surface area contributed by atoms with Crippen molar-refractivity contribution in [3.05, 3.63) is 77.1 Å². The molecule has 0 aromatic heterocycles. The van der Waals surface area contributed by atoms with Crippen molar-refractivity contribution in [2.45, 2.75) is 0 Å². The molecule has 0 heterocycles. The number of hydrazone groups is 1. The predicted octanol–water partition coefficient (Wildman–Crippen LogP) is 4.19. The molecule has 126 valence electrons. The van der Waals surface area contributed by atoms with E-state index in [0.29, 0.717) is 0 Å². The first-order valence-corrected chi connectivity index (χ1v) is 8.00. The summed E-state index contributed by atoms with van der Waals surface area (Å²) in [6.45, 7) is 0.0380. The van der Waals surface area contributed by atoms with Gasteiger partial charge in [0.2, 0.25) is 0 Å². The van der Waals surface area contributed by atoms with Crippen LogP contribution in [0.1, 0.15) is 5.56 Å². The third-order valence-corrected chi connectivity index (χ3v) is 3.94. The molecule has 25 heavy (non-hydrogen) atoms. The number of amides is 1. The molecule has 0 aliphatic heterocycles. The van der Waals surface area contributed by atoms with Crippen LogP contribution in [-0.4, -0.2) is 18.7 Å². The molecule has 4 nitrogen and oxygen atoms in total. The molecule has 0 bridgehead atoms. The van der Waals surface area contributed by atoms with Gasteiger partial charge in [0.25, 0.3) is 5.91 Å². The maximum atomic E-state index is 13.6. The van der Waals surface area contributed by atoms with Gasteiger partial charge in [0, 0.05) is 16.6 Å². The molecule has 3 aromatic carbocycles. The summed E-state index contributed by atoms with van der Waals surface area (Å²) in [7, 11) is 0. The Bertz CT molecular complexity index is 917. The van der Waals surface area contributed by atoms with Gasteiger partial charge in [-0.15, -0.1) is 0 Å². The molecule has 0 atom stereocenters. The third kappa shape index (κ3) is 4.14. The van der Waals surface area contributed by atoms with Crippen molar-refractivity contribution in [1.82, 2.24) is 5.43 Å². The minimum absolute atomic E-state index is 0.0380. The first-order valence-electron chi connectivity index (χ1n) is 7.63. The van der Waals surface area contributed by atoms with Crippen LogP contribution < -0.4 is 10.7 Å². The Labute approximate surface area is 149 Å². The molecule has 0 radical (unpaired) electrons. The lowest BCUT2D eigenvalue weighted by Gasteiger charge is -2.08. The zero-order chi connectivity index (χ0) is 17.6. The minimum atomic E-state index is -0.501. The van der Waals surface area contributed by atoms with Crippen LogP contribution in [0.2, 0.25) is 5.02 Å². The zero-order valence-electron chi connectivity index (χ0n) is 13.2. The Hall–Kier alpha value is -2.92. The number of nitrogens with one attached hydrogen (secondary N) is 2. The van der Waals surface area contributed by atoms with Gasteiger partial charge in [0.1, 0.15) is 5.82 Å². The molecule has 0 saturated carbocycles. The van der Waals surface area contributed by atoms with Crippen molar-refractivity contribution < 1.29 is 9.18 Å². The summed E-state index contributed by atoms with van der Waals surface area (Å²) in [5.74, 6) is -0.851. The molecule has 3 aromatic rings. The average Bonchev–Trinajstić information content (AvgIpc) is 2.62. The van der Waals surface area contributed by atoms with Crippen LogP contribution in [0.5, 0.6) is 0 Å². The number of nitrogens with zero attached hydrogens (tertiary/aromatic N) is 1. The van der Waals surface area contributed by atoms with Crippen molar-refractivity contribution in [2.75, 3.05) is 11.9 Å². The fourth-order valence-electron chi connectivity index (χ4n) is 2.40. The first kappa shape index (κ1) is 16.9. The summed E-state index contributed by atoms with van der Waals surface area (Å²) in [6.07, 6.45) is 1.19. The zero-order valence-corrected chi connectivity index (χ0v) is 13.9. The SMILES string of the molecule is O=C(CNc1cccc2ccccc12)N/N=C/c1c(F)cccc1Cl. The van der Waals surface area contributed by atoms with Crippen LogP contribution in [0, 0.1) is 5.82 Å². The number of fused-ring (bicyclic) bond motifs is 1. The lowest BCUT2D eigenvalue weighted by molar-refractivity contribution is -0.119. The van der Waals surface area contributed by atoms with E-state index < -0.39 is 5.82 Å². The van der Waals surface area contributed by atoms with Gasteiger partial charge < -0.3 is 5.32 Å². The number of rotatable bonds is 5. The molecule has 0 saturated heterocycles. The average molecular weight is 356 g/mol. The summed E-state index contributed by atoms with van der Waals surface area (Å²) < 4.78 is 13.6. The number of carbonyl (C=O) groups is 1. The highest BCUT2D eigenvalue weighted by Crippen LogP contribution is 2.22. The van der Waals surface area contributed by atoms with E-state index in [9.17, 15) is 9.18 Å². The Morgan fingerprint density at radius 2 is 1.84 bits per heavy atom. The van der Waals surface area contributed by atoms with Crippen LogP contribution in [0.3, 0.4) is 0 Å². The number of halogens is 2. The fraction of sp³-hybridized carbons (Fsp3) is 0.0526. The molecule has 2 N–H and O–H groups in total. The van der Waals surface area contributed by atoms with Gasteiger partial charge in [0.15, 0.2) is 0 Å². The van der Waals surface area contributed by atoms with E-state index in [2.05, 4.69) is 15.8 Å². The molecule has 0 aliphatic carbocycles. The van der Waals surface area contributed by atoms with Crippen LogP contribution >= 0.6 is 11.6 Å². The predicted molar refractivity (Wildman–Crippen MR) is 99.6 cm³/mol. The molecule has 0 fully saturated rings. The molecule has 6 heteroatoms. The van der Waals surface area contributed by atoms with Crippen LogP contribution in [0.25, 0.3) is 10.8 Å². The van der Waals surface area contributed by atoms with E-state index >= 15 is 0 Å². The van der Waals surface area contributed by atoms with Crippen molar-refractivity contribution in [1.29, 1.82) is 0 Å². The Morgan fingerprint density at radius 1 is 1.08 bits per heavy atom. The number of carbonyl (C=O) groups excluding carboxylic acids is 1. The third-order valence-electron chi connectivity index (χ3n) is 3.61. The Kier molecular flexibility index (Phi) is 5.26. The minimum Gasteiger partial charge on any atom is -0.376 e. The summed E-state index contributed by atoms with van der Waals surface area (Å²) in [6, 6.07) is 18.0. The summed E-state index contributed by atoms with van der Waals surface area (Å²) in [5, 5.41) is 9.16. The lowest BCUT2D eigenvalue weighted by Crippen LogP contribution is -2.26. The standard InChI is InChI=1S/C19H15ClFN3O/c20-16-8-4-9-17(21)15(16)11-23-24-19(25)12-22-18-10-3-6-13-5-1-2-7-14(13)18/h1-11,22H,12H2,(H,24,25)/b23-11+. The van der Waals surface area contributed by atoms with E-state index in [1.807, 2.05) is 42.5 Å². The quantitative estimate of drug-likeness (QED) is 0.532. The molecule has 0 unspecified atom stereocenters. The smallest absolute Gasteiger partial charge is 0.259 e. The van der Waals surface area contributed by atoms with Gasteiger partial charge in [-0.05, 0) is 23.6 Å². The van der Waals surface area contributed by atoms with E-state index in [0.717, 1.165) is 16.5 Å². The monoisotopic (exact) mass is 355 g/mol. The number of benzene rings is 3. The number of hydrogen-bond acceptors (Lipinski definition) is 3. The second-order valence-electron chi connectivity index (χ2n) is 5.31. The number of anilines is 1. The maximum absolute atomic E-state index is 13.6. The van der Waals surface area contributed by atoms with Crippen molar-refractivity contribution in [3.8, 4) is 0 Å². The van der Waals surface area contributed by atoms with Crippen LogP contribution in [0.15, 0.2) is 65.8 Å². The molecule has 0 spiro atoms. The molecule has 1 amide bonds. The van der Waals surface area contributed by atoms with Gasteiger partial charge in [0.05, 0.1) is 17.8 Å². The Balaban J connectivity index is 1.61. The van der Waals surface area contributed by atoms with Gasteiger partial charge in [-0.25, -0.2) is 9.82 Å². The maximum Gasteiger partial charge on any atom is 0.259 e. The van der Waals surface area contributed by atoms with E-state index in [4.69, 9.17) is 11.6 Å². The largest absolute Gasteiger partial charge is 0.376 e. The van der Waals surface area contributed by atoms with Crippen molar-refractivity contribution >= 4 is 40.2 Å². The summed E-state index contributed by atoms with van der Waals surface area (Å²) in [5.41, 5.74) is 3.33. The van der Waals surface area contributed by atoms with Crippen LogP contribution in [-0.2, 0) is 4.79 Å². The highest BCUT2D eigenvalue weighted by Gasteiger charge is 2.05. The van der Waals surface area contributed by atoms with E-state index in [-0.39, 0.29) is 23.0 Å². The molecule has 3 rings (SSSR count). The van der Waals surface area contributed by atoms with Gasteiger partial charge in [-0.2, -0.15) is 5.10 Å². The molecular weight excluding hydrogens is 341 g/mol. The Morgan fingerprint density at radius 3 is 2.68 bits per heavy atom. The van der Waals surface area contributed by atoms with Crippen molar-refractivity contribution in [3.63, 3.8) is 0 Å². The first-order chi connectivity index (χ1) is 12.1. The summed E-state index contributed by atoms with van der Waals surface area (Å²) in [4.78, 5) is 11.9. The molecular formula is C19H15ClFN3O. The second-order valence-corrected chi connectivity index (χ2v) is 5.72. The van der Waals surface area contributed by atoms with Gasteiger partial charge in [-0.1, -0.05) is 54.1 Å². The van der Waals surface area contributed by atoms with E-state index in [1.54, 1.807) is 6.07 Å². The number of hydrogen-bond donors (Lipinski definition) is 2. The van der Waals surface area contributed by atoms with Crippen LogP contribution in [0.4, 0.5) is 10.1 Å². The highest BCUT2D eigenvalue weighted by atomic mass is 35.5. The molecule has 0 aliphatic rings.